The van der Waals surface area contributed by atoms with E-state index < -0.39 is 0 Å². The molecule has 0 saturated carbocycles. The lowest BCUT2D eigenvalue weighted by atomic mass is 10.2. The van der Waals surface area contributed by atoms with Crippen molar-refractivity contribution in [1.29, 1.82) is 0 Å². The van der Waals surface area contributed by atoms with E-state index >= 15 is 0 Å². The second kappa shape index (κ2) is 8.00. The molecular formula is C21H21ClN4O2S. The van der Waals surface area contributed by atoms with Gasteiger partial charge < -0.3 is 8.98 Å². The van der Waals surface area contributed by atoms with Crippen molar-refractivity contribution in [3.63, 3.8) is 0 Å². The van der Waals surface area contributed by atoms with E-state index in [0.717, 1.165) is 34.5 Å². The van der Waals surface area contributed by atoms with Gasteiger partial charge in [0.2, 0.25) is 0 Å². The molecule has 0 N–H and O–H groups in total. The number of anilines is 1. The third-order valence-electron chi connectivity index (χ3n) is 4.84. The molecule has 8 heteroatoms. The first kappa shape index (κ1) is 19.7. The van der Waals surface area contributed by atoms with E-state index in [4.69, 9.17) is 21.0 Å². The first-order valence-electron chi connectivity index (χ1n) is 9.34. The average molecular weight is 429 g/mol. The molecule has 0 fully saturated rings. The van der Waals surface area contributed by atoms with Gasteiger partial charge in [0.15, 0.2) is 5.13 Å². The normalized spacial score (nSPS) is 11.3. The van der Waals surface area contributed by atoms with Crippen LogP contribution < -0.4 is 4.90 Å². The van der Waals surface area contributed by atoms with E-state index in [2.05, 4.69) is 4.98 Å². The number of thiazole rings is 1. The van der Waals surface area contributed by atoms with Gasteiger partial charge in [-0.05, 0) is 51.0 Å². The number of fused-ring (bicyclic) bond motifs is 1. The summed E-state index contributed by atoms with van der Waals surface area (Å²) in [5, 5.41) is 1.34. The Morgan fingerprint density at radius 3 is 2.83 bits per heavy atom. The zero-order chi connectivity index (χ0) is 20.5. The highest BCUT2D eigenvalue weighted by Gasteiger charge is 2.25. The fourth-order valence-electron chi connectivity index (χ4n) is 3.31. The van der Waals surface area contributed by atoms with Gasteiger partial charge in [-0.1, -0.05) is 22.9 Å². The van der Waals surface area contributed by atoms with E-state index in [9.17, 15) is 4.79 Å². The van der Waals surface area contributed by atoms with Crippen LogP contribution in [0.3, 0.4) is 0 Å². The van der Waals surface area contributed by atoms with Gasteiger partial charge in [0.25, 0.3) is 5.91 Å². The molecular weight excluding hydrogens is 408 g/mol. The van der Waals surface area contributed by atoms with Gasteiger partial charge in [-0.2, -0.15) is 0 Å². The van der Waals surface area contributed by atoms with Crippen molar-refractivity contribution in [2.75, 3.05) is 11.4 Å². The molecule has 4 rings (SSSR count). The van der Waals surface area contributed by atoms with Crippen molar-refractivity contribution >= 4 is 44.2 Å². The molecule has 4 aromatic rings. The van der Waals surface area contributed by atoms with Crippen LogP contribution in [0.5, 0.6) is 0 Å². The summed E-state index contributed by atoms with van der Waals surface area (Å²) in [4.78, 5) is 24.0. The zero-order valence-corrected chi connectivity index (χ0v) is 18.0. The number of nitrogens with zero attached hydrogens (tertiary/aromatic N) is 4. The number of imidazole rings is 1. The Labute approximate surface area is 177 Å². The fourth-order valence-corrected chi connectivity index (χ4v) is 4.51. The van der Waals surface area contributed by atoms with Gasteiger partial charge in [0.05, 0.1) is 22.1 Å². The van der Waals surface area contributed by atoms with Crippen LogP contribution in [0.15, 0.2) is 41.3 Å². The van der Waals surface area contributed by atoms with Crippen LogP contribution in [0.2, 0.25) is 5.02 Å². The number of hydrogen-bond acceptors (Lipinski definition) is 5. The molecule has 3 heterocycles. The van der Waals surface area contributed by atoms with Crippen molar-refractivity contribution in [2.24, 2.45) is 0 Å². The number of aryl methyl sites for hydroxylation is 4. The topological polar surface area (TPSA) is 64.2 Å². The molecule has 1 aromatic carbocycles. The lowest BCUT2D eigenvalue weighted by molar-refractivity contribution is 0.0985. The molecule has 0 unspecified atom stereocenters. The molecule has 0 aliphatic carbocycles. The smallest absolute Gasteiger partial charge is 0.263 e. The number of halogens is 1. The number of aromatic nitrogens is 3. The van der Waals surface area contributed by atoms with Gasteiger partial charge in [0, 0.05) is 30.5 Å². The lowest BCUT2D eigenvalue weighted by Crippen LogP contribution is -2.32. The van der Waals surface area contributed by atoms with Crippen LogP contribution >= 0.6 is 22.9 Å². The van der Waals surface area contributed by atoms with Gasteiger partial charge in [-0.3, -0.25) is 9.69 Å². The maximum Gasteiger partial charge on any atom is 0.263 e. The first-order chi connectivity index (χ1) is 13.9. The largest absolute Gasteiger partial charge is 0.466 e. The Bertz CT molecular complexity index is 1160. The third kappa shape index (κ3) is 3.93. The summed E-state index contributed by atoms with van der Waals surface area (Å²) in [6.45, 7) is 6.90. The molecule has 0 aliphatic heterocycles. The summed E-state index contributed by atoms with van der Waals surface area (Å²) >= 11 is 7.76. The van der Waals surface area contributed by atoms with Crippen molar-refractivity contribution in [3.8, 4) is 0 Å². The molecule has 3 aromatic heterocycles. The zero-order valence-electron chi connectivity index (χ0n) is 16.5. The summed E-state index contributed by atoms with van der Waals surface area (Å²) in [5.41, 5.74) is 2.33. The highest BCUT2D eigenvalue weighted by Crippen LogP contribution is 2.34. The monoisotopic (exact) mass is 428 g/mol. The van der Waals surface area contributed by atoms with Crippen LogP contribution in [0.4, 0.5) is 5.13 Å². The van der Waals surface area contributed by atoms with E-state index in [1.54, 1.807) is 23.5 Å². The molecule has 0 atom stereocenters. The van der Waals surface area contributed by atoms with Crippen LogP contribution in [0.1, 0.15) is 33.9 Å². The van der Waals surface area contributed by atoms with Crippen molar-refractivity contribution in [1.82, 2.24) is 14.5 Å². The number of amides is 1. The second-order valence-corrected chi connectivity index (χ2v) is 8.37. The van der Waals surface area contributed by atoms with E-state index in [0.29, 0.717) is 28.0 Å². The van der Waals surface area contributed by atoms with Crippen LogP contribution in [-0.2, 0) is 6.54 Å². The quantitative estimate of drug-likeness (QED) is 0.412. The minimum atomic E-state index is -0.104. The van der Waals surface area contributed by atoms with Crippen LogP contribution in [0, 0.1) is 20.8 Å². The van der Waals surface area contributed by atoms with E-state index in [1.807, 2.05) is 43.7 Å². The van der Waals surface area contributed by atoms with Gasteiger partial charge in [-0.15, -0.1) is 0 Å². The Hall–Kier alpha value is -2.64. The second-order valence-electron chi connectivity index (χ2n) is 6.95. The summed E-state index contributed by atoms with van der Waals surface area (Å²) < 4.78 is 8.59. The van der Waals surface area contributed by atoms with Crippen molar-refractivity contribution in [2.45, 2.75) is 33.7 Å². The predicted octanol–water partition coefficient (Wildman–Crippen LogP) is 5.40. The number of furan rings is 1. The first-order valence-corrected chi connectivity index (χ1v) is 10.5. The van der Waals surface area contributed by atoms with Crippen LogP contribution in [0.25, 0.3) is 10.2 Å². The average Bonchev–Trinajstić information content (AvgIpc) is 3.41. The summed E-state index contributed by atoms with van der Waals surface area (Å²) in [5.74, 6) is 1.23. The molecule has 0 radical (unpaired) electrons. The third-order valence-corrected chi connectivity index (χ3v) is 6.29. The van der Waals surface area contributed by atoms with E-state index in [-0.39, 0.29) is 5.91 Å². The summed E-state index contributed by atoms with van der Waals surface area (Å²) in [7, 11) is 0. The number of hydrogen-bond donors (Lipinski definition) is 0. The minimum absolute atomic E-state index is 0.104. The van der Waals surface area contributed by atoms with Gasteiger partial charge in [0.1, 0.15) is 11.5 Å². The molecule has 0 aliphatic rings. The predicted molar refractivity (Wildman–Crippen MR) is 116 cm³/mol. The summed E-state index contributed by atoms with van der Waals surface area (Å²) in [6, 6.07) is 5.61. The molecule has 0 saturated heterocycles. The number of benzene rings is 1. The van der Waals surface area contributed by atoms with Crippen molar-refractivity contribution < 1.29 is 9.21 Å². The minimum Gasteiger partial charge on any atom is -0.466 e. The summed E-state index contributed by atoms with van der Waals surface area (Å²) in [6.07, 6.45) is 6.21. The number of carbonyl (C=O) groups is 1. The lowest BCUT2D eigenvalue weighted by Gasteiger charge is -2.19. The number of rotatable bonds is 6. The molecule has 29 heavy (non-hydrogen) atoms. The van der Waals surface area contributed by atoms with Gasteiger partial charge in [-0.25, -0.2) is 9.97 Å². The Kier molecular flexibility index (Phi) is 5.43. The highest BCUT2D eigenvalue weighted by atomic mass is 35.5. The standard InChI is InChI=1S/C21H21ClN4O2S/c1-13-11-16(15(3)28-13)20(27)26(9-4-8-25-10-7-23-12-25)21-24-19-14(2)17(22)5-6-18(19)29-21/h5-7,10-12H,4,8-9H2,1-3H3. The Morgan fingerprint density at radius 1 is 1.31 bits per heavy atom. The molecule has 0 bridgehead atoms. The Morgan fingerprint density at radius 2 is 2.14 bits per heavy atom. The maximum atomic E-state index is 13.4. The SMILES string of the molecule is Cc1cc(C(=O)N(CCCn2ccnc2)c2nc3c(C)c(Cl)ccc3s2)c(C)o1. The van der Waals surface area contributed by atoms with E-state index in [1.165, 1.54) is 11.3 Å². The molecule has 6 nitrogen and oxygen atoms in total. The van der Waals surface area contributed by atoms with Gasteiger partial charge >= 0.3 is 0 Å². The van der Waals surface area contributed by atoms with Crippen LogP contribution in [-0.4, -0.2) is 27.0 Å². The molecule has 0 spiro atoms. The fraction of sp³-hybridized carbons (Fsp3) is 0.286. The number of carbonyl (C=O) groups excluding carboxylic acids is 1. The maximum absolute atomic E-state index is 13.4. The Balaban J connectivity index is 1.68. The highest BCUT2D eigenvalue weighted by molar-refractivity contribution is 7.22. The molecule has 150 valence electrons. The molecule has 1 amide bonds. The van der Waals surface area contributed by atoms with Crippen molar-refractivity contribution in [3.05, 3.63) is 64.6 Å².